The van der Waals surface area contributed by atoms with E-state index in [2.05, 4.69) is 12.2 Å². The van der Waals surface area contributed by atoms with Crippen molar-refractivity contribution >= 4 is 28.9 Å². The highest BCUT2D eigenvalue weighted by Crippen LogP contribution is 2.29. The van der Waals surface area contributed by atoms with Gasteiger partial charge in [0.1, 0.15) is 5.75 Å². The van der Waals surface area contributed by atoms with E-state index in [0.29, 0.717) is 5.02 Å². The largest absolute Gasteiger partial charge is 0.506 e. The van der Waals surface area contributed by atoms with Crippen LogP contribution in [0, 0.1) is 0 Å². The molecule has 0 aliphatic carbocycles. The third-order valence-corrected chi connectivity index (χ3v) is 3.49. The lowest BCUT2D eigenvalue weighted by molar-refractivity contribution is 0.475. The first kappa shape index (κ1) is 14.0. The molecule has 0 aromatic heterocycles. The van der Waals surface area contributed by atoms with Crippen molar-refractivity contribution in [1.29, 1.82) is 0 Å². The Hall–Kier alpha value is -1.38. The zero-order valence-electron chi connectivity index (χ0n) is 10.5. The van der Waals surface area contributed by atoms with Crippen molar-refractivity contribution in [2.24, 2.45) is 0 Å². The van der Waals surface area contributed by atoms with Crippen molar-refractivity contribution in [1.82, 2.24) is 0 Å². The second-order valence-electron chi connectivity index (χ2n) is 4.33. The smallest absolute Gasteiger partial charge is 0.134 e. The van der Waals surface area contributed by atoms with Crippen LogP contribution in [0.4, 0.5) is 5.69 Å². The second kappa shape index (κ2) is 6.18. The van der Waals surface area contributed by atoms with Gasteiger partial charge in [-0.3, -0.25) is 0 Å². The van der Waals surface area contributed by atoms with Crippen LogP contribution in [0.25, 0.3) is 0 Å². The fourth-order valence-electron chi connectivity index (χ4n) is 1.94. The molecule has 1 unspecified atom stereocenters. The lowest BCUT2D eigenvalue weighted by Crippen LogP contribution is -2.09. The Balaban J connectivity index is 2.21. The summed E-state index contributed by atoms with van der Waals surface area (Å²) in [6.45, 7) is 2.10. The molecule has 0 heterocycles. The Labute approximate surface area is 123 Å². The fraction of sp³-hybridized carbons (Fsp3) is 0.200. The summed E-state index contributed by atoms with van der Waals surface area (Å²) in [4.78, 5) is 0. The van der Waals surface area contributed by atoms with E-state index in [1.165, 1.54) is 0 Å². The fourth-order valence-corrected chi connectivity index (χ4v) is 2.32. The molecule has 2 rings (SSSR count). The first-order chi connectivity index (χ1) is 9.10. The van der Waals surface area contributed by atoms with Crippen molar-refractivity contribution in [2.45, 2.75) is 19.4 Å². The minimum Gasteiger partial charge on any atom is -0.506 e. The molecule has 0 spiro atoms. The van der Waals surface area contributed by atoms with Crippen LogP contribution in [0.3, 0.4) is 0 Å². The molecule has 4 heteroatoms. The summed E-state index contributed by atoms with van der Waals surface area (Å²) in [6, 6.07) is 13.0. The van der Waals surface area contributed by atoms with Crippen molar-refractivity contribution in [3.8, 4) is 5.75 Å². The number of anilines is 1. The number of hydrogen-bond acceptors (Lipinski definition) is 2. The van der Waals surface area contributed by atoms with Gasteiger partial charge in [0.05, 0.1) is 11.1 Å². The summed E-state index contributed by atoms with van der Waals surface area (Å²) < 4.78 is 0. The number of phenols is 1. The molecular formula is C15H15Cl2NO. The lowest BCUT2D eigenvalue weighted by atomic mass is 10.0. The van der Waals surface area contributed by atoms with Crippen molar-refractivity contribution in [3.05, 3.63) is 58.1 Å². The van der Waals surface area contributed by atoms with Gasteiger partial charge in [-0.05, 0) is 42.3 Å². The maximum absolute atomic E-state index is 9.41. The van der Waals surface area contributed by atoms with E-state index >= 15 is 0 Å². The van der Waals surface area contributed by atoms with Gasteiger partial charge in [0.15, 0.2) is 0 Å². The number of benzene rings is 2. The van der Waals surface area contributed by atoms with Gasteiger partial charge in [0.25, 0.3) is 0 Å². The molecule has 0 amide bonds. The van der Waals surface area contributed by atoms with E-state index < -0.39 is 0 Å². The molecule has 0 aliphatic heterocycles. The Morgan fingerprint density at radius 2 is 1.95 bits per heavy atom. The summed E-state index contributed by atoms with van der Waals surface area (Å²) in [5.74, 6) is 0.0861. The number of hydrogen-bond donors (Lipinski definition) is 2. The molecule has 100 valence electrons. The molecule has 0 radical (unpaired) electrons. The topological polar surface area (TPSA) is 32.3 Å². The van der Waals surface area contributed by atoms with Gasteiger partial charge >= 0.3 is 0 Å². The average Bonchev–Trinajstić information content (AvgIpc) is 2.40. The first-order valence-electron chi connectivity index (χ1n) is 6.10. The number of rotatable bonds is 4. The zero-order valence-corrected chi connectivity index (χ0v) is 12.0. The van der Waals surface area contributed by atoms with Crippen LogP contribution in [-0.4, -0.2) is 5.11 Å². The quantitative estimate of drug-likeness (QED) is 0.754. The van der Waals surface area contributed by atoms with Crippen LogP contribution in [0.5, 0.6) is 5.75 Å². The summed E-state index contributed by atoms with van der Waals surface area (Å²) >= 11 is 11.9. The minimum absolute atomic E-state index is 0.0861. The second-order valence-corrected chi connectivity index (χ2v) is 5.17. The van der Waals surface area contributed by atoms with Crippen LogP contribution < -0.4 is 5.32 Å². The standard InChI is InChI=1S/C15H15Cl2NO/c1-2-14(10-4-3-5-11(16)8-10)18-12-6-7-15(19)13(17)9-12/h3-9,14,18-19H,2H2,1H3. The molecule has 19 heavy (non-hydrogen) atoms. The molecule has 2 aromatic carbocycles. The number of aromatic hydroxyl groups is 1. The van der Waals surface area contributed by atoms with Crippen LogP contribution in [0.2, 0.25) is 10.0 Å². The van der Waals surface area contributed by atoms with E-state index in [9.17, 15) is 5.11 Å². The summed E-state index contributed by atoms with van der Waals surface area (Å²) in [6.07, 6.45) is 0.916. The number of phenolic OH excluding ortho intramolecular Hbond substituents is 1. The predicted octanol–water partition coefficient (Wildman–Crippen LogP) is 5.26. The highest BCUT2D eigenvalue weighted by atomic mass is 35.5. The number of halogens is 2. The molecule has 2 aromatic rings. The van der Waals surface area contributed by atoms with E-state index in [0.717, 1.165) is 22.7 Å². The van der Waals surface area contributed by atoms with Gasteiger partial charge in [-0.1, -0.05) is 42.3 Å². The summed E-state index contributed by atoms with van der Waals surface area (Å²) in [5.41, 5.74) is 1.99. The molecule has 2 nitrogen and oxygen atoms in total. The van der Waals surface area contributed by atoms with E-state index in [-0.39, 0.29) is 11.8 Å². The van der Waals surface area contributed by atoms with E-state index in [1.54, 1.807) is 18.2 Å². The Morgan fingerprint density at radius 3 is 2.58 bits per heavy atom. The predicted molar refractivity (Wildman–Crippen MR) is 81.2 cm³/mol. The average molecular weight is 296 g/mol. The Morgan fingerprint density at radius 1 is 1.16 bits per heavy atom. The van der Waals surface area contributed by atoms with Crippen molar-refractivity contribution in [2.75, 3.05) is 5.32 Å². The molecule has 0 fully saturated rings. The minimum atomic E-state index is 0.0861. The maximum Gasteiger partial charge on any atom is 0.134 e. The third-order valence-electron chi connectivity index (χ3n) is 2.95. The van der Waals surface area contributed by atoms with Crippen LogP contribution in [-0.2, 0) is 0 Å². The van der Waals surface area contributed by atoms with Crippen LogP contribution in [0.15, 0.2) is 42.5 Å². The molecule has 0 bridgehead atoms. The molecule has 1 atom stereocenters. The third kappa shape index (κ3) is 3.55. The Kier molecular flexibility index (Phi) is 4.56. The van der Waals surface area contributed by atoms with Crippen molar-refractivity contribution < 1.29 is 5.11 Å². The normalized spacial score (nSPS) is 12.2. The monoisotopic (exact) mass is 295 g/mol. The molecular weight excluding hydrogens is 281 g/mol. The molecule has 0 saturated carbocycles. The lowest BCUT2D eigenvalue weighted by Gasteiger charge is -2.19. The summed E-state index contributed by atoms with van der Waals surface area (Å²) in [7, 11) is 0. The van der Waals surface area contributed by atoms with E-state index in [1.807, 2.05) is 24.3 Å². The van der Waals surface area contributed by atoms with E-state index in [4.69, 9.17) is 23.2 Å². The molecule has 2 N–H and O–H groups in total. The van der Waals surface area contributed by atoms with Gasteiger partial charge < -0.3 is 10.4 Å². The van der Waals surface area contributed by atoms with Crippen molar-refractivity contribution in [3.63, 3.8) is 0 Å². The highest BCUT2D eigenvalue weighted by Gasteiger charge is 2.10. The van der Waals surface area contributed by atoms with Gasteiger partial charge in [-0.15, -0.1) is 0 Å². The van der Waals surface area contributed by atoms with Gasteiger partial charge in [0, 0.05) is 10.7 Å². The summed E-state index contributed by atoms with van der Waals surface area (Å²) in [5, 5.41) is 13.9. The zero-order chi connectivity index (χ0) is 13.8. The SMILES string of the molecule is CCC(Nc1ccc(O)c(Cl)c1)c1cccc(Cl)c1. The van der Waals surface area contributed by atoms with Gasteiger partial charge in [-0.2, -0.15) is 0 Å². The van der Waals surface area contributed by atoms with Crippen LogP contribution in [0.1, 0.15) is 24.9 Å². The number of nitrogens with one attached hydrogen (secondary N) is 1. The Bertz CT molecular complexity index is 572. The molecule has 0 aliphatic rings. The first-order valence-corrected chi connectivity index (χ1v) is 6.86. The maximum atomic E-state index is 9.41. The van der Waals surface area contributed by atoms with Gasteiger partial charge in [-0.25, -0.2) is 0 Å². The van der Waals surface area contributed by atoms with Crippen LogP contribution >= 0.6 is 23.2 Å². The molecule has 0 saturated heterocycles. The van der Waals surface area contributed by atoms with Gasteiger partial charge in [0.2, 0.25) is 0 Å². The highest BCUT2D eigenvalue weighted by molar-refractivity contribution is 6.32.